The Morgan fingerprint density at radius 3 is 2.38 bits per heavy atom. The predicted octanol–water partition coefficient (Wildman–Crippen LogP) is 5.09. The van der Waals surface area contributed by atoms with Gasteiger partial charge in [-0.3, -0.25) is 0 Å². The molecule has 0 heterocycles. The molecule has 2 rings (SSSR count). The van der Waals surface area contributed by atoms with E-state index in [1.807, 2.05) is 25.1 Å². The predicted molar refractivity (Wildman–Crippen MR) is 99.6 cm³/mol. The molecule has 0 aromatic heterocycles. The monoisotopic (exact) mass is 324 g/mol. The van der Waals surface area contributed by atoms with Crippen molar-refractivity contribution in [3.63, 3.8) is 0 Å². The maximum atomic E-state index is 9.91. The van der Waals surface area contributed by atoms with Crippen molar-refractivity contribution in [1.82, 2.24) is 0 Å². The van der Waals surface area contributed by atoms with Gasteiger partial charge in [0.05, 0.1) is 7.11 Å². The number of ether oxygens (including phenoxy) is 1. The molecule has 3 nitrogen and oxygen atoms in total. The van der Waals surface area contributed by atoms with Gasteiger partial charge in [-0.15, -0.1) is 0 Å². The average molecular weight is 324 g/mol. The van der Waals surface area contributed by atoms with Gasteiger partial charge in [0, 0.05) is 6.07 Å². The van der Waals surface area contributed by atoms with Gasteiger partial charge in [0.2, 0.25) is 0 Å². The van der Waals surface area contributed by atoms with E-state index >= 15 is 0 Å². The van der Waals surface area contributed by atoms with E-state index in [1.54, 1.807) is 31.4 Å². The molecule has 3 heteroatoms. The first-order valence-electron chi connectivity index (χ1n) is 7.91. The first-order valence-corrected chi connectivity index (χ1v) is 7.91. The summed E-state index contributed by atoms with van der Waals surface area (Å²) in [7, 11) is 1.57. The van der Waals surface area contributed by atoms with E-state index in [2.05, 4.69) is 19.9 Å². The molecule has 2 aromatic rings. The normalized spacial score (nSPS) is 10.8. The Hall–Kier alpha value is -2.68. The summed E-state index contributed by atoms with van der Waals surface area (Å²) >= 11 is 0. The van der Waals surface area contributed by atoms with Crippen molar-refractivity contribution in [2.24, 2.45) is 0 Å². The number of methoxy groups -OCH3 is 1. The van der Waals surface area contributed by atoms with E-state index in [1.165, 1.54) is 11.1 Å². The molecule has 0 spiro atoms. The molecule has 0 saturated heterocycles. The van der Waals surface area contributed by atoms with Gasteiger partial charge in [0.25, 0.3) is 0 Å². The molecule has 0 unspecified atom stereocenters. The lowest BCUT2D eigenvalue weighted by molar-refractivity contribution is 0.407. The largest absolute Gasteiger partial charge is 0.508 e. The second kappa shape index (κ2) is 7.73. The highest BCUT2D eigenvalue weighted by Crippen LogP contribution is 2.26. The number of aryl methyl sites for hydroxylation is 1. The minimum absolute atomic E-state index is 0.158. The Labute approximate surface area is 143 Å². The van der Waals surface area contributed by atoms with Crippen LogP contribution in [0.25, 0.3) is 12.2 Å². The molecule has 2 N–H and O–H groups in total. The van der Waals surface area contributed by atoms with E-state index < -0.39 is 0 Å². The van der Waals surface area contributed by atoms with Crippen molar-refractivity contribution in [3.05, 3.63) is 64.2 Å². The Bertz CT molecular complexity index is 782. The highest BCUT2D eigenvalue weighted by Gasteiger charge is 2.06. The van der Waals surface area contributed by atoms with Gasteiger partial charge in [-0.1, -0.05) is 23.8 Å². The van der Waals surface area contributed by atoms with Gasteiger partial charge in [0.15, 0.2) is 0 Å². The van der Waals surface area contributed by atoms with Gasteiger partial charge >= 0.3 is 0 Å². The maximum absolute atomic E-state index is 9.91. The van der Waals surface area contributed by atoms with Gasteiger partial charge in [-0.25, -0.2) is 0 Å². The summed E-state index contributed by atoms with van der Waals surface area (Å²) < 4.78 is 5.17. The molecule has 0 saturated carbocycles. The Morgan fingerprint density at radius 2 is 1.71 bits per heavy atom. The Kier molecular flexibility index (Phi) is 5.69. The molecule has 0 aliphatic heterocycles. The van der Waals surface area contributed by atoms with E-state index in [0.29, 0.717) is 5.75 Å². The summed E-state index contributed by atoms with van der Waals surface area (Å²) in [5, 5.41) is 19.7. The zero-order chi connectivity index (χ0) is 17.7. The van der Waals surface area contributed by atoms with Crippen molar-refractivity contribution in [3.8, 4) is 17.2 Å². The zero-order valence-electron chi connectivity index (χ0n) is 14.6. The minimum Gasteiger partial charge on any atom is -0.508 e. The van der Waals surface area contributed by atoms with Crippen molar-refractivity contribution in [1.29, 1.82) is 0 Å². The third kappa shape index (κ3) is 4.66. The molecule has 0 aliphatic carbocycles. The zero-order valence-corrected chi connectivity index (χ0v) is 14.6. The number of allylic oxidation sites excluding steroid dienone is 2. The lowest BCUT2D eigenvalue weighted by Crippen LogP contribution is -1.93. The number of hydrogen-bond donors (Lipinski definition) is 2. The number of aromatic hydroxyl groups is 2. The third-order valence-corrected chi connectivity index (χ3v) is 3.81. The van der Waals surface area contributed by atoms with Crippen LogP contribution in [0.1, 0.15) is 36.1 Å². The summed E-state index contributed by atoms with van der Waals surface area (Å²) in [6, 6.07) is 8.63. The number of phenols is 2. The van der Waals surface area contributed by atoms with Crippen molar-refractivity contribution < 1.29 is 14.9 Å². The summed E-state index contributed by atoms with van der Waals surface area (Å²) in [6.45, 7) is 6.15. The number of rotatable bonds is 5. The fourth-order valence-corrected chi connectivity index (χ4v) is 2.56. The van der Waals surface area contributed by atoms with Crippen LogP contribution in [0, 0.1) is 6.92 Å². The Balaban J connectivity index is 2.41. The molecular formula is C21H24O3. The van der Waals surface area contributed by atoms with Crippen LogP contribution in [-0.2, 0) is 6.42 Å². The quantitative estimate of drug-likeness (QED) is 0.594. The van der Waals surface area contributed by atoms with Crippen LogP contribution in [0.2, 0.25) is 0 Å². The van der Waals surface area contributed by atoms with Crippen LogP contribution in [0.4, 0.5) is 0 Å². The van der Waals surface area contributed by atoms with Gasteiger partial charge in [-0.05, 0) is 73.7 Å². The molecular weight excluding hydrogens is 300 g/mol. The first-order chi connectivity index (χ1) is 11.4. The fraction of sp³-hybridized carbons (Fsp3) is 0.238. The molecule has 0 aliphatic rings. The van der Waals surface area contributed by atoms with Crippen LogP contribution >= 0.6 is 0 Å². The highest BCUT2D eigenvalue weighted by molar-refractivity contribution is 5.73. The van der Waals surface area contributed by atoms with Crippen LogP contribution in [0.5, 0.6) is 17.2 Å². The number of benzene rings is 2. The molecule has 0 atom stereocenters. The lowest BCUT2D eigenvalue weighted by Gasteiger charge is -2.10. The standard InChI is InChI=1S/C21H24O3/c1-14(2)5-8-21-15(3)9-18(22)12-17(21)7-6-16-10-19(23)13-20(11-16)24-4/h5-7,9-13,22-23H,8H2,1-4H3/b7-6+. The lowest BCUT2D eigenvalue weighted by atomic mass is 9.96. The van der Waals surface area contributed by atoms with Gasteiger partial charge < -0.3 is 14.9 Å². The molecule has 0 amide bonds. The van der Waals surface area contributed by atoms with Crippen LogP contribution < -0.4 is 4.74 Å². The van der Waals surface area contributed by atoms with Crippen LogP contribution in [-0.4, -0.2) is 17.3 Å². The maximum Gasteiger partial charge on any atom is 0.123 e. The summed E-state index contributed by atoms with van der Waals surface area (Å²) in [5.41, 5.74) is 5.29. The van der Waals surface area contributed by atoms with Crippen molar-refractivity contribution >= 4 is 12.2 Å². The second-order valence-corrected chi connectivity index (χ2v) is 6.11. The molecule has 0 fully saturated rings. The van der Waals surface area contributed by atoms with Crippen molar-refractivity contribution in [2.45, 2.75) is 27.2 Å². The summed E-state index contributed by atoms with van der Waals surface area (Å²) in [6.07, 6.45) is 6.85. The van der Waals surface area contributed by atoms with Gasteiger partial charge in [0.1, 0.15) is 17.2 Å². The minimum atomic E-state index is 0.158. The molecule has 0 radical (unpaired) electrons. The number of hydrogen-bond acceptors (Lipinski definition) is 3. The SMILES string of the molecule is COc1cc(O)cc(/C=C/c2cc(O)cc(C)c2CC=C(C)C)c1. The molecule has 2 aromatic carbocycles. The second-order valence-electron chi connectivity index (χ2n) is 6.11. The van der Waals surface area contributed by atoms with E-state index in [9.17, 15) is 10.2 Å². The Morgan fingerprint density at radius 1 is 1.00 bits per heavy atom. The summed E-state index contributed by atoms with van der Waals surface area (Å²) in [4.78, 5) is 0. The smallest absolute Gasteiger partial charge is 0.123 e. The molecule has 126 valence electrons. The van der Waals surface area contributed by atoms with E-state index in [4.69, 9.17) is 4.74 Å². The third-order valence-electron chi connectivity index (χ3n) is 3.81. The fourth-order valence-electron chi connectivity index (χ4n) is 2.56. The van der Waals surface area contributed by atoms with Crippen LogP contribution in [0.3, 0.4) is 0 Å². The topological polar surface area (TPSA) is 49.7 Å². The van der Waals surface area contributed by atoms with Crippen LogP contribution in [0.15, 0.2) is 42.0 Å². The number of phenolic OH excluding ortho intramolecular Hbond substituents is 2. The van der Waals surface area contributed by atoms with E-state index in [-0.39, 0.29) is 11.5 Å². The van der Waals surface area contributed by atoms with Gasteiger partial charge in [-0.2, -0.15) is 0 Å². The summed E-state index contributed by atoms with van der Waals surface area (Å²) in [5.74, 6) is 1.01. The molecule has 24 heavy (non-hydrogen) atoms. The first kappa shape index (κ1) is 17.7. The van der Waals surface area contributed by atoms with E-state index in [0.717, 1.165) is 23.1 Å². The molecule has 0 bridgehead atoms. The van der Waals surface area contributed by atoms with Crippen molar-refractivity contribution in [2.75, 3.05) is 7.11 Å². The highest BCUT2D eigenvalue weighted by atomic mass is 16.5. The average Bonchev–Trinajstić information content (AvgIpc) is 2.50.